The largest absolute Gasteiger partial charge is 0.497 e. The lowest BCUT2D eigenvalue weighted by molar-refractivity contribution is -0.385. The molecule has 0 heterocycles. The lowest BCUT2D eigenvalue weighted by Gasteiger charge is -2.16. The van der Waals surface area contributed by atoms with Crippen LogP contribution < -0.4 is 24.8 Å². The van der Waals surface area contributed by atoms with Crippen LogP contribution in [0.3, 0.4) is 0 Å². The summed E-state index contributed by atoms with van der Waals surface area (Å²) in [5, 5.41) is 26.2. The molecule has 190 valence electrons. The molecule has 2 N–H and O–H groups in total. The molecule has 0 saturated heterocycles. The number of nitro benzene ring substituents is 1. The summed E-state index contributed by atoms with van der Waals surface area (Å²) in [6, 6.07) is 26.0. The van der Waals surface area contributed by atoms with Crippen molar-refractivity contribution in [1.82, 2.24) is 0 Å². The highest BCUT2D eigenvalue weighted by atomic mass is 16.6. The van der Waals surface area contributed by atoms with Crippen LogP contribution in [0.15, 0.2) is 91.0 Å². The van der Waals surface area contributed by atoms with Crippen molar-refractivity contribution in [3.05, 3.63) is 112 Å². The van der Waals surface area contributed by atoms with E-state index in [0.717, 1.165) is 5.56 Å². The molecule has 0 saturated carbocycles. The zero-order valence-corrected chi connectivity index (χ0v) is 20.2. The fourth-order valence-electron chi connectivity index (χ4n) is 3.41. The van der Waals surface area contributed by atoms with Crippen molar-refractivity contribution < 1.29 is 23.9 Å². The van der Waals surface area contributed by atoms with Gasteiger partial charge in [-0.05, 0) is 54.1 Å². The van der Waals surface area contributed by atoms with Gasteiger partial charge in [0, 0.05) is 11.8 Å². The number of urea groups is 1. The van der Waals surface area contributed by atoms with Crippen molar-refractivity contribution in [2.75, 3.05) is 17.7 Å². The number of carbonyl (C=O) groups excluding carboxylic acids is 1. The molecule has 4 aromatic rings. The van der Waals surface area contributed by atoms with Gasteiger partial charge in [0.1, 0.15) is 18.1 Å². The van der Waals surface area contributed by atoms with Gasteiger partial charge in [-0.15, -0.1) is 0 Å². The van der Waals surface area contributed by atoms with Crippen molar-refractivity contribution in [2.45, 2.75) is 6.61 Å². The second-order valence-corrected chi connectivity index (χ2v) is 7.89. The average Bonchev–Trinajstić information content (AvgIpc) is 2.93. The van der Waals surface area contributed by atoms with Gasteiger partial charge >= 0.3 is 11.7 Å². The number of carbonyl (C=O) groups is 1. The molecule has 0 atom stereocenters. The van der Waals surface area contributed by atoms with Crippen LogP contribution in [-0.4, -0.2) is 18.1 Å². The minimum atomic E-state index is -0.622. The van der Waals surface area contributed by atoms with Crippen LogP contribution >= 0.6 is 0 Å². The van der Waals surface area contributed by atoms with Gasteiger partial charge in [0.05, 0.1) is 35.4 Å². The summed E-state index contributed by atoms with van der Waals surface area (Å²) in [6.07, 6.45) is 0. The van der Waals surface area contributed by atoms with Crippen LogP contribution in [0, 0.1) is 21.4 Å². The molecule has 10 nitrogen and oxygen atoms in total. The van der Waals surface area contributed by atoms with Gasteiger partial charge in [-0.3, -0.25) is 10.1 Å². The topological polar surface area (TPSA) is 136 Å². The third-order valence-electron chi connectivity index (χ3n) is 5.30. The van der Waals surface area contributed by atoms with Crippen molar-refractivity contribution in [3.8, 4) is 29.1 Å². The number of anilines is 2. The molecular weight excluding hydrogens is 488 g/mol. The van der Waals surface area contributed by atoms with E-state index < -0.39 is 11.0 Å². The van der Waals surface area contributed by atoms with Gasteiger partial charge in [-0.2, -0.15) is 5.26 Å². The summed E-state index contributed by atoms with van der Waals surface area (Å²) >= 11 is 0. The number of ether oxygens (including phenoxy) is 3. The number of amides is 2. The van der Waals surface area contributed by atoms with Crippen LogP contribution in [-0.2, 0) is 6.61 Å². The second-order valence-electron chi connectivity index (χ2n) is 7.89. The molecule has 0 spiro atoms. The van der Waals surface area contributed by atoms with Gasteiger partial charge in [0.15, 0.2) is 5.75 Å². The molecule has 4 rings (SSSR count). The lowest BCUT2D eigenvalue weighted by Crippen LogP contribution is -2.20. The number of nitrogens with zero attached hydrogens (tertiary/aromatic N) is 2. The highest BCUT2D eigenvalue weighted by Crippen LogP contribution is 2.40. The lowest BCUT2D eigenvalue weighted by atomic mass is 10.2. The summed E-state index contributed by atoms with van der Waals surface area (Å²) < 4.78 is 16.8. The number of rotatable bonds is 9. The van der Waals surface area contributed by atoms with Gasteiger partial charge in [-0.1, -0.05) is 30.3 Å². The van der Waals surface area contributed by atoms with E-state index in [1.807, 2.05) is 36.4 Å². The number of benzene rings is 4. The first-order chi connectivity index (χ1) is 18.4. The maximum Gasteiger partial charge on any atom is 0.323 e. The van der Waals surface area contributed by atoms with Crippen molar-refractivity contribution in [3.63, 3.8) is 0 Å². The Bertz CT molecular complexity index is 1470. The normalized spacial score (nSPS) is 10.1. The van der Waals surface area contributed by atoms with E-state index in [1.165, 1.54) is 19.2 Å². The Morgan fingerprint density at radius 2 is 1.61 bits per heavy atom. The number of nitro groups is 1. The molecule has 0 aliphatic carbocycles. The zero-order valence-electron chi connectivity index (χ0n) is 20.2. The number of hydrogen-bond donors (Lipinski definition) is 2. The average molecular weight is 511 g/mol. The highest BCUT2D eigenvalue weighted by molar-refractivity contribution is 6.01. The fraction of sp³-hybridized carbons (Fsp3) is 0.0714. The van der Waals surface area contributed by atoms with Crippen LogP contribution in [0.25, 0.3) is 0 Å². The van der Waals surface area contributed by atoms with E-state index in [1.54, 1.807) is 48.5 Å². The van der Waals surface area contributed by atoms with E-state index in [4.69, 9.17) is 19.5 Å². The Balaban J connectivity index is 1.64. The molecule has 0 unspecified atom stereocenters. The quantitative estimate of drug-likeness (QED) is 0.194. The molecule has 0 aliphatic heterocycles. The Morgan fingerprint density at radius 1 is 0.921 bits per heavy atom. The molecule has 4 aromatic carbocycles. The number of nitriles is 1. The Kier molecular flexibility index (Phi) is 8.01. The van der Waals surface area contributed by atoms with Gasteiger partial charge in [-0.25, -0.2) is 4.79 Å². The minimum Gasteiger partial charge on any atom is -0.497 e. The number of methoxy groups -OCH3 is 1. The van der Waals surface area contributed by atoms with Gasteiger partial charge < -0.3 is 24.8 Å². The minimum absolute atomic E-state index is 0.0811. The third kappa shape index (κ3) is 6.56. The summed E-state index contributed by atoms with van der Waals surface area (Å²) in [5.41, 5.74) is 1.54. The smallest absolute Gasteiger partial charge is 0.323 e. The first kappa shape index (κ1) is 25.5. The van der Waals surface area contributed by atoms with Gasteiger partial charge in [0.25, 0.3) is 0 Å². The van der Waals surface area contributed by atoms with E-state index in [0.29, 0.717) is 22.7 Å². The van der Waals surface area contributed by atoms with E-state index in [9.17, 15) is 14.9 Å². The summed E-state index contributed by atoms with van der Waals surface area (Å²) in [7, 11) is 1.52. The first-order valence-electron chi connectivity index (χ1n) is 11.3. The summed E-state index contributed by atoms with van der Waals surface area (Å²) in [4.78, 5) is 24.1. The van der Waals surface area contributed by atoms with Crippen LogP contribution in [0.1, 0.15) is 11.1 Å². The zero-order chi connectivity index (χ0) is 26.9. The first-order valence-corrected chi connectivity index (χ1v) is 11.3. The molecule has 2 amide bonds. The molecule has 0 bridgehead atoms. The molecular formula is C28H22N4O6. The van der Waals surface area contributed by atoms with Gasteiger partial charge in [0.2, 0.25) is 5.75 Å². The molecule has 38 heavy (non-hydrogen) atoms. The highest BCUT2D eigenvalue weighted by Gasteiger charge is 2.23. The van der Waals surface area contributed by atoms with E-state index >= 15 is 0 Å². The maximum atomic E-state index is 12.8. The number of hydrogen-bond acceptors (Lipinski definition) is 7. The maximum absolute atomic E-state index is 12.8. The van der Waals surface area contributed by atoms with Crippen molar-refractivity contribution in [1.29, 1.82) is 5.26 Å². The fourth-order valence-corrected chi connectivity index (χ4v) is 3.41. The van der Waals surface area contributed by atoms with Crippen molar-refractivity contribution in [2.24, 2.45) is 0 Å². The molecule has 0 fully saturated rings. The van der Waals surface area contributed by atoms with E-state index in [-0.39, 0.29) is 29.5 Å². The Morgan fingerprint density at radius 3 is 2.24 bits per heavy atom. The predicted octanol–water partition coefficient (Wildman–Crippen LogP) is 6.49. The second kappa shape index (κ2) is 11.9. The third-order valence-corrected chi connectivity index (χ3v) is 5.30. The Hall–Kier alpha value is -5.56. The SMILES string of the molecule is COc1ccc(Oc2cc(NC(=O)Nc3ccc(C#N)cc3)c(OCc3ccccc3)cc2[N+](=O)[O-])cc1. The van der Waals surface area contributed by atoms with Crippen LogP contribution in [0.4, 0.5) is 21.9 Å². The van der Waals surface area contributed by atoms with E-state index in [2.05, 4.69) is 10.6 Å². The molecule has 10 heteroatoms. The Labute approximate surface area is 218 Å². The van der Waals surface area contributed by atoms with Crippen LogP contribution in [0.2, 0.25) is 0 Å². The standard InChI is InChI=1S/C28H22N4O6/c1-36-22-11-13-23(14-12-22)38-27-15-24(31-28(33)30-21-9-7-19(17-29)8-10-21)26(16-25(27)32(34)35)37-18-20-5-3-2-4-6-20/h2-16H,18H2,1H3,(H2,30,31,33). The van der Waals surface area contributed by atoms with Crippen molar-refractivity contribution >= 4 is 23.1 Å². The molecule has 0 aromatic heterocycles. The summed E-state index contributed by atoms with van der Waals surface area (Å²) in [6.45, 7) is 0.114. The monoisotopic (exact) mass is 510 g/mol. The molecule has 0 aliphatic rings. The summed E-state index contributed by atoms with van der Waals surface area (Å²) in [5.74, 6) is 0.914. The molecule has 0 radical (unpaired) electrons. The predicted molar refractivity (Wildman–Crippen MR) is 141 cm³/mol. The van der Waals surface area contributed by atoms with Crippen LogP contribution in [0.5, 0.6) is 23.0 Å². The number of nitrogens with one attached hydrogen (secondary N) is 2.